The molecular weight excluding hydrogens is 398 g/mol. The number of nitrogens with zero attached hydrogens (tertiary/aromatic N) is 1. The number of nitrogens with one attached hydrogen (secondary N) is 2. The first kappa shape index (κ1) is 20.7. The molecule has 0 saturated carbocycles. The molecule has 1 aromatic carbocycles. The highest BCUT2D eigenvalue weighted by Crippen LogP contribution is 2.32. The summed E-state index contributed by atoms with van der Waals surface area (Å²) in [5.41, 5.74) is 5.15. The molecule has 3 heterocycles. The molecule has 0 saturated heterocycles. The SMILES string of the molecule is Cc1cc2c(c(=O)[nH]1)CNC(=O)c1cc(Cl)cc3c1c(cn3C(C)C)CCCCC2. The van der Waals surface area contributed by atoms with Gasteiger partial charge < -0.3 is 14.9 Å². The van der Waals surface area contributed by atoms with Crippen molar-refractivity contribution in [3.63, 3.8) is 0 Å². The third kappa shape index (κ3) is 3.91. The average molecular weight is 426 g/mol. The van der Waals surface area contributed by atoms with Gasteiger partial charge in [-0.2, -0.15) is 0 Å². The van der Waals surface area contributed by atoms with Gasteiger partial charge in [-0.1, -0.05) is 18.0 Å². The summed E-state index contributed by atoms with van der Waals surface area (Å²) < 4.78 is 2.20. The largest absolute Gasteiger partial charge is 0.348 e. The Hall–Kier alpha value is -2.53. The summed E-state index contributed by atoms with van der Waals surface area (Å²) in [6.45, 7) is 6.36. The smallest absolute Gasteiger partial charge is 0.253 e. The first-order chi connectivity index (χ1) is 14.3. The third-order valence-corrected chi connectivity index (χ3v) is 6.18. The molecule has 6 heteroatoms. The quantitative estimate of drug-likeness (QED) is 0.571. The van der Waals surface area contributed by atoms with Gasteiger partial charge in [0.15, 0.2) is 0 Å². The van der Waals surface area contributed by atoms with Gasteiger partial charge in [0.25, 0.3) is 11.5 Å². The number of rotatable bonds is 1. The van der Waals surface area contributed by atoms with Crippen molar-refractivity contribution in [2.75, 3.05) is 0 Å². The van der Waals surface area contributed by atoms with E-state index in [0.29, 0.717) is 16.1 Å². The maximum absolute atomic E-state index is 13.2. The van der Waals surface area contributed by atoms with Crippen molar-refractivity contribution in [1.29, 1.82) is 0 Å². The van der Waals surface area contributed by atoms with Crippen molar-refractivity contribution < 1.29 is 4.79 Å². The number of aromatic amines is 1. The number of hydrogen-bond donors (Lipinski definition) is 2. The van der Waals surface area contributed by atoms with E-state index >= 15 is 0 Å². The van der Waals surface area contributed by atoms with Crippen LogP contribution in [0.5, 0.6) is 0 Å². The molecule has 1 aliphatic heterocycles. The van der Waals surface area contributed by atoms with Crippen LogP contribution < -0.4 is 10.9 Å². The monoisotopic (exact) mass is 425 g/mol. The minimum absolute atomic E-state index is 0.122. The molecule has 158 valence electrons. The highest BCUT2D eigenvalue weighted by atomic mass is 35.5. The minimum atomic E-state index is -0.199. The van der Waals surface area contributed by atoms with E-state index in [4.69, 9.17) is 11.6 Å². The van der Waals surface area contributed by atoms with E-state index in [2.05, 4.69) is 34.9 Å². The van der Waals surface area contributed by atoms with Gasteiger partial charge in [0, 0.05) is 40.4 Å². The molecule has 0 unspecified atom stereocenters. The Balaban J connectivity index is 1.83. The summed E-state index contributed by atoms with van der Waals surface area (Å²) in [6.07, 6.45) is 7.06. The van der Waals surface area contributed by atoms with Gasteiger partial charge in [0.2, 0.25) is 0 Å². The van der Waals surface area contributed by atoms with E-state index in [9.17, 15) is 9.59 Å². The third-order valence-electron chi connectivity index (χ3n) is 5.96. The van der Waals surface area contributed by atoms with E-state index < -0.39 is 0 Å². The number of pyridine rings is 1. The first-order valence-electron chi connectivity index (χ1n) is 10.7. The Morgan fingerprint density at radius 1 is 1.03 bits per heavy atom. The van der Waals surface area contributed by atoms with Crippen molar-refractivity contribution in [1.82, 2.24) is 14.9 Å². The Bertz CT molecular complexity index is 1170. The van der Waals surface area contributed by atoms with Gasteiger partial charge >= 0.3 is 0 Å². The van der Waals surface area contributed by atoms with E-state index in [1.807, 2.05) is 19.1 Å². The molecule has 1 amide bonds. The topological polar surface area (TPSA) is 66.9 Å². The predicted molar refractivity (Wildman–Crippen MR) is 122 cm³/mol. The average Bonchev–Trinajstić information content (AvgIpc) is 3.04. The molecule has 4 rings (SSSR count). The Kier molecular flexibility index (Phi) is 5.74. The fourth-order valence-electron chi connectivity index (χ4n) is 4.50. The van der Waals surface area contributed by atoms with Crippen molar-refractivity contribution in [3.8, 4) is 0 Å². The summed E-state index contributed by atoms with van der Waals surface area (Å²) in [5.74, 6) is -0.199. The van der Waals surface area contributed by atoms with Crippen LogP contribution in [0.3, 0.4) is 0 Å². The summed E-state index contributed by atoms with van der Waals surface area (Å²) in [7, 11) is 0. The zero-order chi connectivity index (χ0) is 21.4. The van der Waals surface area contributed by atoms with Crippen LogP contribution in [-0.2, 0) is 19.4 Å². The van der Waals surface area contributed by atoms with Crippen molar-refractivity contribution in [2.24, 2.45) is 0 Å². The van der Waals surface area contributed by atoms with Crippen LogP contribution in [0.1, 0.15) is 71.9 Å². The Morgan fingerprint density at radius 3 is 2.50 bits per heavy atom. The zero-order valence-electron chi connectivity index (χ0n) is 17.8. The molecule has 0 fully saturated rings. The lowest BCUT2D eigenvalue weighted by Gasteiger charge is -2.13. The maximum atomic E-state index is 13.2. The molecule has 2 N–H and O–H groups in total. The molecule has 30 heavy (non-hydrogen) atoms. The van der Waals surface area contributed by atoms with Crippen LogP contribution in [0.25, 0.3) is 10.9 Å². The lowest BCUT2D eigenvalue weighted by atomic mass is 9.99. The zero-order valence-corrected chi connectivity index (χ0v) is 18.5. The molecule has 0 atom stereocenters. The van der Waals surface area contributed by atoms with E-state index in [1.54, 1.807) is 6.07 Å². The molecule has 0 aliphatic carbocycles. The van der Waals surface area contributed by atoms with Crippen LogP contribution in [-0.4, -0.2) is 15.5 Å². The molecular formula is C24H28ClN3O2. The second-order valence-electron chi connectivity index (χ2n) is 8.53. The molecule has 2 aromatic heterocycles. The van der Waals surface area contributed by atoms with Crippen LogP contribution in [0.15, 0.2) is 29.2 Å². The predicted octanol–water partition coefficient (Wildman–Crippen LogP) is 5.07. The molecule has 5 nitrogen and oxygen atoms in total. The highest BCUT2D eigenvalue weighted by Gasteiger charge is 2.20. The number of benzene rings is 1. The van der Waals surface area contributed by atoms with Crippen LogP contribution in [0.2, 0.25) is 5.02 Å². The molecule has 3 aromatic rings. The van der Waals surface area contributed by atoms with Gasteiger partial charge in [-0.25, -0.2) is 0 Å². The van der Waals surface area contributed by atoms with Gasteiger partial charge in [-0.15, -0.1) is 0 Å². The number of carbonyl (C=O) groups is 1. The number of H-pyrrole nitrogens is 1. The van der Waals surface area contributed by atoms with Gasteiger partial charge in [-0.05, 0) is 75.8 Å². The summed E-state index contributed by atoms with van der Waals surface area (Å²) in [4.78, 5) is 28.7. The van der Waals surface area contributed by atoms with Gasteiger partial charge in [0.1, 0.15) is 0 Å². The van der Waals surface area contributed by atoms with E-state index in [-0.39, 0.29) is 24.1 Å². The molecule has 1 aliphatic rings. The molecule has 0 radical (unpaired) electrons. The van der Waals surface area contributed by atoms with Gasteiger partial charge in [-0.3, -0.25) is 9.59 Å². The lowest BCUT2D eigenvalue weighted by Crippen LogP contribution is -2.28. The normalized spacial score (nSPS) is 15.3. The summed E-state index contributed by atoms with van der Waals surface area (Å²) in [6, 6.07) is 5.98. The van der Waals surface area contributed by atoms with E-state index in [0.717, 1.165) is 54.3 Å². The second kappa shape index (κ2) is 8.31. The maximum Gasteiger partial charge on any atom is 0.253 e. The number of carbonyl (C=O) groups excluding carboxylic acids is 1. The van der Waals surface area contributed by atoms with Crippen molar-refractivity contribution >= 4 is 28.4 Å². The first-order valence-corrected chi connectivity index (χ1v) is 11.1. The summed E-state index contributed by atoms with van der Waals surface area (Å²) >= 11 is 6.40. The minimum Gasteiger partial charge on any atom is -0.348 e. The fourth-order valence-corrected chi connectivity index (χ4v) is 4.72. The van der Waals surface area contributed by atoms with Crippen LogP contribution in [0, 0.1) is 6.92 Å². The number of amides is 1. The Labute approximate surface area is 181 Å². The number of halogens is 1. The second-order valence-corrected chi connectivity index (χ2v) is 8.97. The van der Waals surface area contributed by atoms with Crippen molar-refractivity contribution in [3.05, 3.63) is 67.7 Å². The lowest BCUT2D eigenvalue weighted by molar-refractivity contribution is 0.0952. The standard InChI is InChI=1S/C24H28ClN3O2/c1-14(2)28-13-17-8-6-4-5-7-16-9-15(3)27-24(30)20(16)12-26-23(29)19-10-18(25)11-21(28)22(17)19/h9-11,13-14H,4-8,12H2,1-3H3,(H,26,29)(H,27,30). The fraction of sp³-hybridized carbons (Fsp3) is 0.417. The van der Waals surface area contributed by atoms with Crippen molar-refractivity contribution in [2.45, 2.75) is 65.5 Å². The molecule has 0 spiro atoms. The van der Waals surface area contributed by atoms with Crippen LogP contribution >= 0.6 is 11.6 Å². The van der Waals surface area contributed by atoms with Gasteiger partial charge in [0.05, 0.1) is 11.1 Å². The highest BCUT2D eigenvalue weighted by molar-refractivity contribution is 6.32. The number of hydrogen-bond acceptors (Lipinski definition) is 2. The Morgan fingerprint density at radius 2 is 1.77 bits per heavy atom. The summed E-state index contributed by atoms with van der Waals surface area (Å²) in [5, 5.41) is 4.49. The van der Waals surface area contributed by atoms with E-state index in [1.165, 1.54) is 5.56 Å². The molecule has 0 bridgehead atoms. The number of aromatic nitrogens is 2. The number of fused-ring (bicyclic) bond motifs is 1. The van der Waals surface area contributed by atoms with Crippen LogP contribution in [0.4, 0.5) is 0 Å². The number of aryl methyl sites for hydroxylation is 3.